The van der Waals surface area contributed by atoms with Crippen LogP contribution in [0.25, 0.3) is 0 Å². The molecular formula is C16H24N2O. The Balaban J connectivity index is 2.02. The van der Waals surface area contributed by atoms with Crippen molar-refractivity contribution in [2.24, 2.45) is 17.6 Å². The summed E-state index contributed by atoms with van der Waals surface area (Å²) in [7, 11) is 0. The van der Waals surface area contributed by atoms with Gasteiger partial charge in [0.15, 0.2) is 0 Å². The first-order chi connectivity index (χ1) is 9.24. The molecular weight excluding hydrogens is 236 g/mol. The number of hydrogen-bond donors (Lipinski definition) is 2. The molecule has 0 saturated heterocycles. The van der Waals surface area contributed by atoms with Crippen LogP contribution in [-0.2, 0) is 11.2 Å². The number of nitrogens with one attached hydrogen (secondary N) is 1. The number of carbonyl (C=O) groups is 1. The highest BCUT2D eigenvalue weighted by Gasteiger charge is 2.29. The van der Waals surface area contributed by atoms with Gasteiger partial charge in [-0.25, -0.2) is 0 Å². The summed E-state index contributed by atoms with van der Waals surface area (Å²) in [5.41, 5.74) is 7.95. The van der Waals surface area contributed by atoms with Gasteiger partial charge in [0.25, 0.3) is 0 Å². The summed E-state index contributed by atoms with van der Waals surface area (Å²) in [5, 5.41) is 3.06. The molecule has 0 spiro atoms. The largest absolute Gasteiger partial charge is 0.330 e. The van der Waals surface area contributed by atoms with E-state index in [4.69, 9.17) is 5.73 Å². The maximum absolute atomic E-state index is 12.4. The Kier molecular flexibility index (Phi) is 4.97. The Hall–Kier alpha value is -1.35. The molecule has 0 heterocycles. The van der Waals surface area contributed by atoms with Gasteiger partial charge in [0.2, 0.25) is 5.91 Å². The van der Waals surface area contributed by atoms with Gasteiger partial charge in [0.1, 0.15) is 0 Å². The Morgan fingerprint density at radius 1 is 1.37 bits per heavy atom. The maximum atomic E-state index is 12.4. The molecule has 3 heteroatoms. The maximum Gasteiger partial charge on any atom is 0.227 e. The van der Waals surface area contributed by atoms with Gasteiger partial charge >= 0.3 is 0 Å². The van der Waals surface area contributed by atoms with E-state index in [1.54, 1.807) is 0 Å². The van der Waals surface area contributed by atoms with Crippen molar-refractivity contribution in [2.45, 2.75) is 39.0 Å². The lowest BCUT2D eigenvalue weighted by Gasteiger charge is -2.29. The molecule has 0 aliphatic heterocycles. The first kappa shape index (κ1) is 14.1. The van der Waals surface area contributed by atoms with E-state index >= 15 is 0 Å². The van der Waals surface area contributed by atoms with Crippen LogP contribution in [-0.4, -0.2) is 12.5 Å². The molecule has 1 amide bonds. The molecule has 1 aromatic carbocycles. The fourth-order valence-electron chi connectivity index (χ4n) is 2.94. The highest BCUT2D eigenvalue weighted by Crippen LogP contribution is 2.30. The molecule has 2 atom stereocenters. The van der Waals surface area contributed by atoms with Crippen LogP contribution < -0.4 is 11.1 Å². The second-order valence-electron chi connectivity index (χ2n) is 5.43. The number of hydrogen-bond acceptors (Lipinski definition) is 2. The van der Waals surface area contributed by atoms with Gasteiger partial charge in [0.05, 0.1) is 0 Å². The molecule has 0 bridgehead atoms. The van der Waals surface area contributed by atoms with Crippen LogP contribution in [0, 0.1) is 11.8 Å². The lowest BCUT2D eigenvalue weighted by molar-refractivity contribution is -0.122. The van der Waals surface area contributed by atoms with Gasteiger partial charge in [-0.15, -0.1) is 0 Å². The quantitative estimate of drug-likeness (QED) is 0.874. The topological polar surface area (TPSA) is 55.1 Å². The Morgan fingerprint density at radius 2 is 2.16 bits per heavy atom. The number of aryl methyl sites for hydroxylation is 1. The molecule has 1 saturated carbocycles. The second kappa shape index (κ2) is 6.71. The first-order valence-electron chi connectivity index (χ1n) is 7.34. The normalized spacial score (nSPS) is 23.1. The molecule has 1 aliphatic rings. The van der Waals surface area contributed by atoms with Crippen LogP contribution >= 0.6 is 0 Å². The van der Waals surface area contributed by atoms with Crippen molar-refractivity contribution >= 4 is 11.6 Å². The van der Waals surface area contributed by atoms with Gasteiger partial charge in [-0.1, -0.05) is 31.9 Å². The fraction of sp³-hybridized carbons (Fsp3) is 0.562. The number of rotatable bonds is 4. The zero-order valence-corrected chi connectivity index (χ0v) is 11.7. The summed E-state index contributed by atoms with van der Waals surface area (Å²) in [6, 6.07) is 8.09. The van der Waals surface area contributed by atoms with E-state index < -0.39 is 0 Å². The Morgan fingerprint density at radius 3 is 2.89 bits per heavy atom. The monoisotopic (exact) mass is 260 g/mol. The minimum atomic E-state index is 0.0871. The van der Waals surface area contributed by atoms with Gasteiger partial charge in [-0.2, -0.15) is 0 Å². The number of anilines is 1. The molecule has 1 fully saturated rings. The van der Waals surface area contributed by atoms with E-state index in [9.17, 15) is 4.79 Å². The molecule has 2 rings (SSSR count). The van der Waals surface area contributed by atoms with Crippen molar-refractivity contribution in [3.05, 3.63) is 29.8 Å². The first-order valence-corrected chi connectivity index (χ1v) is 7.34. The average molecular weight is 260 g/mol. The summed E-state index contributed by atoms with van der Waals surface area (Å²) in [6.45, 7) is 2.74. The van der Waals surface area contributed by atoms with E-state index in [2.05, 4.69) is 24.4 Å². The van der Waals surface area contributed by atoms with Crippen LogP contribution in [0.2, 0.25) is 0 Å². The predicted octanol–water partition coefficient (Wildman–Crippen LogP) is 2.95. The van der Waals surface area contributed by atoms with E-state index in [-0.39, 0.29) is 11.8 Å². The molecule has 1 aliphatic carbocycles. The lowest BCUT2D eigenvalue weighted by Crippen LogP contribution is -2.35. The fourth-order valence-corrected chi connectivity index (χ4v) is 2.94. The Bertz CT molecular complexity index is 431. The highest BCUT2D eigenvalue weighted by atomic mass is 16.1. The van der Waals surface area contributed by atoms with Crippen LogP contribution in [0.3, 0.4) is 0 Å². The van der Waals surface area contributed by atoms with Gasteiger partial charge < -0.3 is 11.1 Å². The van der Waals surface area contributed by atoms with Crippen molar-refractivity contribution in [3.63, 3.8) is 0 Å². The van der Waals surface area contributed by atoms with Gasteiger partial charge in [-0.3, -0.25) is 4.79 Å². The molecule has 1 aromatic rings. The zero-order valence-electron chi connectivity index (χ0n) is 11.7. The number of nitrogens with two attached hydrogens (primary N) is 1. The van der Waals surface area contributed by atoms with Crippen molar-refractivity contribution in [3.8, 4) is 0 Å². The minimum absolute atomic E-state index is 0.0871. The number of amides is 1. The van der Waals surface area contributed by atoms with Crippen molar-refractivity contribution in [1.29, 1.82) is 0 Å². The summed E-state index contributed by atoms with van der Waals surface area (Å²) in [4.78, 5) is 12.4. The third-order valence-corrected chi connectivity index (χ3v) is 4.15. The van der Waals surface area contributed by atoms with Gasteiger partial charge in [0, 0.05) is 11.6 Å². The summed E-state index contributed by atoms with van der Waals surface area (Å²) in [6.07, 6.45) is 5.39. The third kappa shape index (κ3) is 3.57. The molecule has 3 nitrogen and oxygen atoms in total. The molecule has 19 heavy (non-hydrogen) atoms. The van der Waals surface area contributed by atoms with Crippen molar-refractivity contribution in [1.82, 2.24) is 0 Å². The molecule has 0 aromatic heterocycles. The molecule has 2 unspecified atom stereocenters. The van der Waals surface area contributed by atoms with Crippen LogP contribution in [0.5, 0.6) is 0 Å². The van der Waals surface area contributed by atoms with Crippen LogP contribution in [0.4, 0.5) is 5.69 Å². The highest BCUT2D eigenvalue weighted by molar-refractivity contribution is 5.92. The predicted molar refractivity (Wildman–Crippen MR) is 79.0 cm³/mol. The SMILES string of the molecule is CCc1cccc(NC(=O)C2CCCCC2CN)c1. The number of benzene rings is 1. The summed E-state index contributed by atoms with van der Waals surface area (Å²) >= 11 is 0. The lowest BCUT2D eigenvalue weighted by atomic mass is 9.78. The van der Waals surface area contributed by atoms with Crippen molar-refractivity contribution in [2.75, 3.05) is 11.9 Å². The van der Waals surface area contributed by atoms with Crippen LogP contribution in [0.1, 0.15) is 38.2 Å². The average Bonchev–Trinajstić information content (AvgIpc) is 2.47. The smallest absolute Gasteiger partial charge is 0.227 e. The van der Waals surface area contributed by atoms with E-state index in [0.29, 0.717) is 12.5 Å². The van der Waals surface area contributed by atoms with Crippen molar-refractivity contribution < 1.29 is 4.79 Å². The van der Waals surface area contributed by atoms with E-state index in [0.717, 1.165) is 31.4 Å². The zero-order chi connectivity index (χ0) is 13.7. The van der Waals surface area contributed by atoms with Crippen LogP contribution in [0.15, 0.2) is 24.3 Å². The molecule has 0 radical (unpaired) electrons. The standard InChI is InChI=1S/C16H24N2O/c1-2-12-6-5-8-14(10-12)18-16(19)15-9-4-3-7-13(15)11-17/h5-6,8,10,13,15H,2-4,7,9,11,17H2,1H3,(H,18,19). The number of carbonyl (C=O) groups excluding carboxylic acids is 1. The van der Waals surface area contributed by atoms with Gasteiger partial charge in [-0.05, 0) is 49.4 Å². The summed E-state index contributed by atoms with van der Waals surface area (Å²) in [5.74, 6) is 0.579. The third-order valence-electron chi connectivity index (χ3n) is 4.15. The van der Waals surface area contributed by atoms with E-state index in [1.807, 2.05) is 12.1 Å². The van der Waals surface area contributed by atoms with E-state index in [1.165, 1.54) is 12.0 Å². The molecule has 104 valence electrons. The summed E-state index contributed by atoms with van der Waals surface area (Å²) < 4.78 is 0. The second-order valence-corrected chi connectivity index (χ2v) is 5.43. The molecule has 3 N–H and O–H groups in total. The minimum Gasteiger partial charge on any atom is -0.330 e. The Labute approximate surface area is 115 Å².